The average Bonchev–Trinajstić information content (AvgIpc) is 3.64. The number of β-amino-alcohol motifs (C(OH)–C–C–N with tert-alkyl or cyclic N) is 1. The molecule has 8 heteroatoms. The Morgan fingerprint density at radius 2 is 1.85 bits per heavy atom. The van der Waals surface area contributed by atoms with E-state index in [2.05, 4.69) is 94.0 Å². The Kier molecular flexibility index (Phi) is 7.28. The van der Waals surface area contributed by atoms with Gasteiger partial charge in [-0.05, 0) is 43.0 Å². The molecular weight excluding hydrogens is 498 g/mol. The first kappa shape index (κ1) is 26.1. The van der Waals surface area contributed by atoms with E-state index in [1.165, 1.54) is 16.7 Å². The van der Waals surface area contributed by atoms with Gasteiger partial charge in [0, 0.05) is 55.6 Å². The second-order valence-electron chi connectivity index (χ2n) is 11.0. The lowest BCUT2D eigenvalue weighted by molar-refractivity contribution is 0.142. The first-order valence-corrected chi connectivity index (χ1v) is 13.8. The third kappa shape index (κ3) is 5.59. The molecule has 0 spiro atoms. The van der Waals surface area contributed by atoms with Crippen LogP contribution >= 0.6 is 0 Å². The lowest BCUT2D eigenvalue weighted by Gasteiger charge is -2.15. The summed E-state index contributed by atoms with van der Waals surface area (Å²) < 4.78 is 3.70. The Morgan fingerprint density at radius 1 is 1.02 bits per heavy atom. The molecule has 0 aliphatic carbocycles. The fraction of sp³-hybridized carbons (Fsp3) is 0.312. The summed E-state index contributed by atoms with van der Waals surface area (Å²) in [7, 11) is 1.87. The van der Waals surface area contributed by atoms with Gasteiger partial charge in [0.15, 0.2) is 5.65 Å². The minimum absolute atomic E-state index is 0.214. The fourth-order valence-electron chi connectivity index (χ4n) is 5.73. The van der Waals surface area contributed by atoms with Crippen molar-refractivity contribution in [2.45, 2.75) is 32.9 Å². The van der Waals surface area contributed by atoms with Crippen LogP contribution in [0.25, 0.3) is 16.7 Å². The van der Waals surface area contributed by atoms with Crippen molar-refractivity contribution in [3.05, 3.63) is 113 Å². The van der Waals surface area contributed by atoms with Crippen molar-refractivity contribution < 1.29 is 5.11 Å². The van der Waals surface area contributed by atoms with Gasteiger partial charge in [-0.15, -0.1) is 5.10 Å². The second-order valence-corrected chi connectivity index (χ2v) is 11.0. The number of aryl methyl sites for hydroxylation is 3. The number of benzene rings is 2. The highest BCUT2D eigenvalue weighted by atomic mass is 16.3. The van der Waals surface area contributed by atoms with Crippen molar-refractivity contribution in [2.24, 2.45) is 13.0 Å². The van der Waals surface area contributed by atoms with Crippen LogP contribution in [0.5, 0.6) is 0 Å². The zero-order valence-electron chi connectivity index (χ0n) is 23.3. The molecule has 6 rings (SSSR count). The quantitative estimate of drug-likeness (QED) is 0.322. The minimum atomic E-state index is -0.344. The number of hydrogen-bond acceptors (Lipinski definition) is 6. The van der Waals surface area contributed by atoms with E-state index in [9.17, 15) is 5.11 Å². The normalized spacial score (nSPS) is 18.1. The van der Waals surface area contributed by atoms with E-state index in [1.807, 2.05) is 30.9 Å². The summed E-state index contributed by atoms with van der Waals surface area (Å²) in [5.41, 5.74) is 9.22. The number of hydrogen-bond donors (Lipinski definition) is 1. The molecule has 0 radical (unpaired) electrons. The molecule has 1 N–H and O–H groups in total. The number of aromatic nitrogens is 6. The standard InChI is InChI=1S/C32H35N7O/c1-22-8-7-11-25(14-22)18-39-20-27(17-33-39)28(29-15-23(2)34-32-31(29)35-36-37(32)3)12-13-38-19-26(30(40)21-38)16-24-9-5-4-6-10-24/h4-12,14-15,17,20,26,30,40H,13,16,18-19,21H2,1-3H3/b28-12+/t26-,30-/m0/s1. The van der Waals surface area contributed by atoms with Gasteiger partial charge in [-0.1, -0.05) is 71.5 Å². The Bertz CT molecular complexity index is 1650. The molecule has 4 heterocycles. The molecule has 0 bridgehead atoms. The number of likely N-dealkylation sites (tertiary alicyclic amines) is 1. The van der Waals surface area contributed by atoms with Gasteiger partial charge in [-0.2, -0.15) is 5.10 Å². The first-order chi connectivity index (χ1) is 19.4. The van der Waals surface area contributed by atoms with Gasteiger partial charge in [0.05, 0.1) is 18.8 Å². The Morgan fingerprint density at radius 3 is 2.67 bits per heavy atom. The van der Waals surface area contributed by atoms with Gasteiger partial charge in [0.1, 0.15) is 5.52 Å². The fourth-order valence-corrected chi connectivity index (χ4v) is 5.73. The molecule has 0 unspecified atom stereocenters. The van der Waals surface area contributed by atoms with Crippen molar-refractivity contribution in [3.63, 3.8) is 0 Å². The largest absolute Gasteiger partial charge is 0.391 e. The van der Waals surface area contributed by atoms with Gasteiger partial charge >= 0.3 is 0 Å². The second kappa shape index (κ2) is 11.2. The number of rotatable bonds is 8. The molecule has 0 saturated carbocycles. The van der Waals surface area contributed by atoms with Gasteiger partial charge in [-0.3, -0.25) is 9.58 Å². The van der Waals surface area contributed by atoms with E-state index in [0.29, 0.717) is 19.6 Å². The summed E-state index contributed by atoms with van der Waals surface area (Å²) in [5, 5.41) is 24.3. The van der Waals surface area contributed by atoms with Crippen molar-refractivity contribution in [3.8, 4) is 0 Å². The van der Waals surface area contributed by atoms with E-state index in [0.717, 1.165) is 46.5 Å². The summed E-state index contributed by atoms with van der Waals surface area (Å²) in [6, 6.07) is 21.0. The smallest absolute Gasteiger partial charge is 0.179 e. The van der Waals surface area contributed by atoms with Crippen LogP contribution in [0.1, 0.15) is 33.5 Å². The van der Waals surface area contributed by atoms with Crippen LogP contribution in [0, 0.1) is 19.8 Å². The van der Waals surface area contributed by atoms with Crippen LogP contribution < -0.4 is 0 Å². The number of aliphatic hydroxyl groups is 1. The SMILES string of the molecule is Cc1cccc(Cn2cc(/C(=C\CN3C[C@H](Cc4ccccc4)[C@@H](O)C3)c3cc(C)nc4c3nnn4C)cn2)c1. The molecule has 204 valence electrons. The van der Waals surface area contributed by atoms with Crippen molar-refractivity contribution in [1.82, 2.24) is 34.7 Å². The van der Waals surface area contributed by atoms with E-state index < -0.39 is 0 Å². The maximum atomic E-state index is 10.9. The highest BCUT2D eigenvalue weighted by Crippen LogP contribution is 2.30. The van der Waals surface area contributed by atoms with Gasteiger partial charge in [0.2, 0.25) is 0 Å². The lowest BCUT2D eigenvalue weighted by atomic mass is 9.97. The van der Waals surface area contributed by atoms with Crippen LogP contribution in [0.4, 0.5) is 0 Å². The summed E-state index contributed by atoms with van der Waals surface area (Å²) in [4.78, 5) is 7.02. The van der Waals surface area contributed by atoms with Crippen molar-refractivity contribution >= 4 is 16.7 Å². The predicted molar refractivity (Wildman–Crippen MR) is 157 cm³/mol. The lowest BCUT2D eigenvalue weighted by Crippen LogP contribution is -2.22. The zero-order chi connectivity index (χ0) is 27.6. The maximum Gasteiger partial charge on any atom is 0.179 e. The van der Waals surface area contributed by atoms with E-state index in [4.69, 9.17) is 5.10 Å². The molecule has 1 saturated heterocycles. The topological polar surface area (TPSA) is 84.9 Å². The molecule has 40 heavy (non-hydrogen) atoms. The maximum absolute atomic E-state index is 10.9. The Balaban J connectivity index is 1.30. The summed E-state index contributed by atoms with van der Waals surface area (Å²) in [6.45, 7) is 7.02. The molecule has 2 aromatic carbocycles. The molecule has 5 aromatic rings. The summed E-state index contributed by atoms with van der Waals surface area (Å²) in [5.74, 6) is 0.214. The Hall–Kier alpha value is -4.14. The average molecular weight is 534 g/mol. The van der Waals surface area contributed by atoms with Crippen LogP contribution in [-0.4, -0.2) is 65.5 Å². The predicted octanol–water partition coefficient (Wildman–Crippen LogP) is 4.19. The first-order valence-electron chi connectivity index (χ1n) is 13.8. The molecular formula is C32H35N7O. The highest BCUT2D eigenvalue weighted by molar-refractivity contribution is 5.92. The van der Waals surface area contributed by atoms with Gasteiger partial charge < -0.3 is 5.11 Å². The van der Waals surface area contributed by atoms with E-state index >= 15 is 0 Å². The van der Waals surface area contributed by atoms with E-state index in [-0.39, 0.29) is 12.0 Å². The third-order valence-corrected chi connectivity index (χ3v) is 7.73. The Labute approximate surface area is 234 Å². The molecule has 0 amide bonds. The summed E-state index contributed by atoms with van der Waals surface area (Å²) >= 11 is 0. The zero-order valence-corrected chi connectivity index (χ0v) is 23.3. The third-order valence-electron chi connectivity index (χ3n) is 7.73. The number of nitrogens with zero attached hydrogens (tertiary/aromatic N) is 7. The van der Waals surface area contributed by atoms with Crippen LogP contribution in [0.3, 0.4) is 0 Å². The molecule has 3 aromatic heterocycles. The molecule has 8 nitrogen and oxygen atoms in total. The highest BCUT2D eigenvalue weighted by Gasteiger charge is 2.31. The van der Waals surface area contributed by atoms with Crippen LogP contribution in [0.15, 0.2) is 79.1 Å². The number of aliphatic hydroxyl groups excluding tert-OH is 1. The van der Waals surface area contributed by atoms with Crippen LogP contribution in [0.2, 0.25) is 0 Å². The van der Waals surface area contributed by atoms with Gasteiger partial charge in [-0.25, -0.2) is 9.67 Å². The molecule has 1 fully saturated rings. The molecule has 2 atom stereocenters. The summed E-state index contributed by atoms with van der Waals surface area (Å²) in [6.07, 6.45) is 6.81. The van der Waals surface area contributed by atoms with Crippen LogP contribution in [-0.2, 0) is 20.0 Å². The van der Waals surface area contributed by atoms with E-state index in [1.54, 1.807) is 4.68 Å². The number of fused-ring (bicyclic) bond motifs is 1. The minimum Gasteiger partial charge on any atom is -0.391 e. The van der Waals surface area contributed by atoms with Crippen molar-refractivity contribution in [1.29, 1.82) is 0 Å². The molecule has 1 aliphatic rings. The monoisotopic (exact) mass is 533 g/mol. The van der Waals surface area contributed by atoms with Crippen molar-refractivity contribution in [2.75, 3.05) is 19.6 Å². The molecule has 1 aliphatic heterocycles. The van der Waals surface area contributed by atoms with Gasteiger partial charge in [0.25, 0.3) is 0 Å². The number of pyridine rings is 1.